The van der Waals surface area contributed by atoms with Crippen LogP contribution < -0.4 is 21.5 Å². The Bertz CT molecular complexity index is 2170. The van der Waals surface area contributed by atoms with Gasteiger partial charge in [-0.25, -0.2) is 10.5 Å². The summed E-state index contributed by atoms with van der Waals surface area (Å²) in [4.78, 5) is 46.1. The molecule has 0 fully saturated rings. The van der Waals surface area contributed by atoms with E-state index in [-0.39, 0.29) is 49.9 Å². The van der Waals surface area contributed by atoms with Crippen molar-refractivity contribution < 1.29 is 33.6 Å². The molecule has 0 saturated carbocycles. The van der Waals surface area contributed by atoms with Crippen molar-refractivity contribution in [3.63, 3.8) is 0 Å². The zero-order valence-corrected chi connectivity index (χ0v) is 46.4. The highest BCUT2D eigenvalue weighted by molar-refractivity contribution is 7.10. The van der Waals surface area contributed by atoms with E-state index in [1.165, 1.54) is 35.3 Å². The van der Waals surface area contributed by atoms with Crippen LogP contribution in [0.4, 0.5) is 0 Å². The summed E-state index contributed by atoms with van der Waals surface area (Å²) in [5.41, 5.74) is 5.95. The van der Waals surface area contributed by atoms with E-state index in [2.05, 4.69) is 93.9 Å². The zero-order chi connectivity index (χ0) is 53.6. The Kier molecular flexibility index (Phi) is 39.3. The Morgan fingerprint density at radius 3 is 1.52 bits per heavy atom. The van der Waals surface area contributed by atoms with Crippen LogP contribution in [-0.2, 0) is 14.4 Å². The molecule has 0 atom stereocenters. The summed E-state index contributed by atoms with van der Waals surface area (Å²) in [5.74, 6) is 6.75. The first kappa shape index (κ1) is 71.7. The van der Waals surface area contributed by atoms with Crippen LogP contribution in [0.3, 0.4) is 0 Å². The number of hydrogen-bond acceptors (Lipinski definition) is 16. The van der Waals surface area contributed by atoms with E-state index in [1.807, 2.05) is 88.3 Å². The first-order valence-corrected chi connectivity index (χ1v) is 24.7. The second-order valence-electron chi connectivity index (χ2n) is 17.9. The average Bonchev–Trinajstić information content (AvgIpc) is 4.15. The van der Waals surface area contributed by atoms with Crippen molar-refractivity contribution >= 4 is 40.5 Å². The van der Waals surface area contributed by atoms with Crippen LogP contribution in [-0.4, -0.2) is 66.7 Å². The molecular formula is C52H91N9O8S2. The Hall–Kier alpha value is -5.82. The zero-order valence-electron chi connectivity index (χ0n) is 44.8. The molecule has 5 aromatic heterocycles. The van der Waals surface area contributed by atoms with Crippen LogP contribution in [0, 0.1) is 31.6 Å². The molecule has 1 aliphatic heterocycles. The number of amidine groups is 1. The molecule has 404 valence electrons. The maximum Gasteiger partial charge on any atom is 0.240 e. The van der Waals surface area contributed by atoms with Crippen LogP contribution in [0.15, 0.2) is 72.9 Å². The van der Waals surface area contributed by atoms with Gasteiger partial charge in [-0.1, -0.05) is 131 Å². The van der Waals surface area contributed by atoms with Crippen LogP contribution >= 0.6 is 22.9 Å². The van der Waals surface area contributed by atoms with Gasteiger partial charge in [-0.3, -0.25) is 19.5 Å². The molecule has 0 unspecified atom stereocenters. The number of thiophene rings is 1. The Morgan fingerprint density at radius 2 is 1.31 bits per heavy atom. The second kappa shape index (κ2) is 38.9. The molecular weight excluding hydrogens is 943 g/mol. The minimum Gasteiger partial charge on any atom is -0.507 e. The molecule has 0 radical (unpaired) electrons. The van der Waals surface area contributed by atoms with Crippen LogP contribution in [0.2, 0.25) is 0 Å². The molecule has 6 N–H and O–H groups in total. The maximum absolute atomic E-state index is 11.4. The van der Waals surface area contributed by atoms with Crippen molar-refractivity contribution in [2.45, 2.75) is 169 Å². The number of carbonyl (C=O) groups is 2. The Labute approximate surface area is 434 Å². The molecule has 0 aliphatic carbocycles. The van der Waals surface area contributed by atoms with Gasteiger partial charge < -0.3 is 34.6 Å². The van der Waals surface area contributed by atoms with Crippen molar-refractivity contribution in [2.75, 3.05) is 14.1 Å². The van der Waals surface area contributed by atoms with Gasteiger partial charge in [-0.15, -0.1) is 11.3 Å². The molecule has 0 bridgehead atoms. The molecule has 19 heteroatoms. The summed E-state index contributed by atoms with van der Waals surface area (Å²) in [6.07, 6.45) is 4.53. The van der Waals surface area contributed by atoms with Gasteiger partial charge >= 0.3 is 0 Å². The third-order valence-electron chi connectivity index (χ3n) is 8.78. The standard InChI is InChI=1S/C9H12O2.C7H11NO.C7H10OS.C6H10N2O.C6H9NOS.C5H9N3.2C5H11NO.2CH4/c1-6(2)8-5-11-4-7(3)9(8)10;1-5(2)7-4-6(3)8-9-7;1-5(2)7-3-6(8)4-9-7;1-4(2)6-7-5(3)9-8-6;1-4(2)6-5(8)3-9-7-6;1-4(2)5-6-3-7-8-5;2*1-4(2)5(7)6-3;;/h4-6H,1-3H3;4-5H,1-3H3;3-5,8H,1-2H3;4H,3H2,1-2H3,(H,7,8);3-4,8H,1-2H3;3-4H,1-2H3,(H,6,7,8);2*4H,1-3H3,(H,6,7);2*1H4. The van der Waals surface area contributed by atoms with Crippen molar-refractivity contribution in [1.29, 1.82) is 0 Å². The number of aromatic hydroxyl groups is 2. The maximum atomic E-state index is 11.4. The van der Waals surface area contributed by atoms with E-state index in [4.69, 9.17) is 24.0 Å². The Morgan fingerprint density at radius 1 is 0.746 bits per heavy atom. The number of nitrogens with zero attached hydrogens (tertiary/aromatic N) is 5. The smallest absolute Gasteiger partial charge is 0.240 e. The topological polar surface area (TPSA) is 243 Å². The molecule has 1 aliphatic rings. The molecule has 0 aromatic carbocycles. The molecule has 0 saturated heterocycles. The quantitative estimate of drug-likeness (QED) is 0.0848. The summed E-state index contributed by atoms with van der Waals surface area (Å²) < 4.78 is 14.0. The number of carbonyl (C=O) groups excluding carboxylic acids is 2. The predicted molar refractivity (Wildman–Crippen MR) is 294 cm³/mol. The van der Waals surface area contributed by atoms with E-state index in [0.717, 1.165) is 34.4 Å². The number of H-pyrrole nitrogens is 1. The van der Waals surface area contributed by atoms with E-state index in [1.54, 1.807) is 43.1 Å². The lowest BCUT2D eigenvalue weighted by Gasteiger charge is -2.02. The fraction of sp³-hybridized carbons (Fsp3) is 0.577. The number of amides is 2. The normalized spacial score (nSPS) is 10.8. The number of nitrogens with one attached hydrogen (secondary N) is 4. The highest BCUT2D eigenvalue weighted by atomic mass is 32.1. The molecule has 0 spiro atoms. The lowest BCUT2D eigenvalue weighted by molar-refractivity contribution is -0.124. The fourth-order valence-electron chi connectivity index (χ4n) is 4.49. The Balaban J connectivity index is -0.000000361. The van der Waals surface area contributed by atoms with Gasteiger partial charge in [0.15, 0.2) is 5.43 Å². The highest BCUT2D eigenvalue weighted by Gasteiger charge is 2.12. The lowest BCUT2D eigenvalue weighted by atomic mass is 10.0. The van der Waals surface area contributed by atoms with Gasteiger partial charge in [0.25, 0.3) is 0 Å². The molecule has 17 nitrogen and oxygen atoms in total. The number of hydrogen-bond donors (Lipinski definition) is 6. The van der Waals surface area contributed by atoms with Gasteiger partial charge in [-0.2, -0.15) is 14.5 Å². The van der Waals surface area contributed by atoms with Crippen LogP contribution in [0.25, 0.3) is 0 Å². The number of aromatic nitrogens is 5. The number of aliphatic imine (C=N–C) groups is 1. The highest BCUT2D eigenvalue weighted by Crippen LogP contribution is 2.26. The summed E-state index contributed by atoms with van der Waals surface area (Å²) in [7, 11) is 3.28. The summed E-state index contributed by atoms with van der Waals surface area (Å²) in [5, 5.41) is 36.7. The largest absolute Gasteiger partial charge is 0.507 e. The lowest BCUT2D eigenvalue weighted by Crippen LogP contribution is -2.22. The van der Waals surface area contributed by atoms with Gasteiger partial charge in [0.2, 0.25) is 17.7 Å². The monoisotopic (exact) mass is 1030 g/mol. The van der Waals surface area contributed by atoms with Crippen molar-refractivity contribution in [2.24, 2.45) is 22.7 Å². The van der Waals surface area contributed by atoms with Crippen molar-refractivity contribution in [1.82, 2.24) is 40.8 Å². The van der Waals surface area contributed by atoms with E-state index >= 15 is 0 Å². The first-order chi connectivity index (χ1) is 32.1. The van der Waals surface area contributed by atoms with Crippen molar-refractivity contribution in [3.8, 4) is 11.5 Å². The summed E-state index contributed by atoms with van der Waals surface area (Å²) >= 11 is 2.90. The number of aryl methyl sites for hydroxylation is 2. The number of hydroxylamine groups is 1. The molecule has 2 amide bonds. The average molecular weight is 1030 g/mol. The summed E-state index contributed by atoms with van der Waals surface area (Å²) in [6, 6.07) is 3.78. The molecule has 71 heavy (non-hydrogen) atoms. The SMILES string of the molecule is C.C.C=C1N=C(C(C)C)NO1.CC(C)c1cc(O)cs1.CC(C)c1ncn[nH]1.CC(C)c1nscc1O.CNC(=O)C(C)C.CNC(=O)C(C)C.Cc1cc(C(C)C)on1.Cc1cocc(C(C)C)c1=O. The fourth-order valence-corrected chi connectivity index (χ4v) is 5.97. The number of aromatic amines is 1. The van der Waals surface area contributed by atoms with Gasteiger partial charge in [0.1, 0.15) is 35.2 Å². The molecule has 6 heterocycles. The molecule has 6 rings (SSSR count). The summed E-state index contributed by atoms with van der Waals surface area (Å²) in [6.45, 7) is 39.2. The predicted octanol–water partition coefficient (Wildman–Crippen LogP) is 12.8. The number of rotatable bonds is 8. The van der Waals surface area contributed by atoms with Gasteiger partial charge in [0, 0.05) is 77.1 Å². The molecule has 5 aromatic rings. The van der Waals surface area contributed by atoms with E-state index < -0.39 is 0 Å². The third-order valence-corrected chi connectivity index (χ3v) is 10.6. The van der Waals surface area contributed by atoms with Crippen molar-refractivity contribution in [3.05, 3.63) is 103 Å². The van der Waals surface area contributed by atoms with Gasteiger partial charge in [0.05, 0.1) is 29.3 Å². The van der Waals surface area contributed by atoms with Crippen LogP contribution in [0.5, 0.6) is 11.5 Å². The van der Waals surface area contributed by atoms with Gasteiger partial charge in [-0.05, 0) is 49.9 Å². The third kappa shape index (κ3) is 31.9. The van der Waals surface area contributed by atoms with E-state index in [9.17, 15) is 14.4 Å². The minimum absolute atomic E-state index is 0. The second-order valence-corrected chi connectivity index (χ2v) is 19.5. The van der Waals surface area contributed by atoms with E-state index in [0.29, 0.717) is 52.5 Å². The first-order valence-electron chi connectivity index (χ1n) is 23.0. The minimum atomic E-state index is 0. The van der Waals surface area contributed by atoms with Crippen LogP contribution in [0.1, 0.15) is 194 Å².